The number of carbonyl (C=O) groups is 1. The van der Waals surface area contributed by atoms with Crippen LogP contribution in [-0.2, 0) is 4.74 Å². The molecular formula is C12H24N2O3. The summed E-state index contributed by atoms with van der Waals surface area (Å²) in [6, 6.07) is -0.232. The minimum absolute atomic E-state index is 0.0806. The Morgan fingerprint density at radius 3 is 2.41 bits per heavy atom. The lowest BCUT2D eigenvalue weighted by atomic mass is 9.85. The van der Waals surface area contributed by atoms with Crippen LogP contribution in [0.3, 0.4) is 0 Å². The van der Waals surface area contributed by atoms with E-state index in [-0.39, 0.29) is 18.2 Å². The van der Waals surface area contributed by atoms with Crippen molar-refractivity contribution in [3.05, 3.63) is 0 Å². The van der Waals surface area contributed by atoms with E-state index in [0.29, 0.717) is 0 Å². The molecule has 0 aromatic heterocycles. The maximum absolute atomic E-state index is 11.4. The van der Waals surface area contributed by atoms with E-state index < -0.39 is 11.6 Å². The lowest BCUT2D eigenvalue weighted by molar-refractivity contribution is -0.0420. The lowest BCUT2D eigenvalue weighted by Crippen LogP contribution is -2.61. The number of methoxy groups -OCH3 is 1. The van der Waals surface area contributed by atoms with Crippen molar-refractivity contribution in [3.63, 3.8) is 0 Å². The monoisotopic (exact) mass is 244 g/mol. The molecule has 0 aromatic carbocycles. The maximum atomic E-state index is 11.4. The highest BCUT2D eigenvalue weighted by Crippen LogP contribution is 2.29. The summed E-state index contributed by atoms with van der Waals surface area (Å²) in [5, 5.41) is 9.39. The lowest BCUT2D eigenvalue weighted by Gasteiger charge is -2.46. The van der Waals surface area contributed by atoms with Gasteiger partial charge in [-0.1, -0.05) is 0 Å². The van der Waals surface area contributed by atoms with Crippen LogP contribution in [0.2, 0.25) is 0 Å². The summed E-state index contributed by atoms with van der Waals surface area (Å²) in [6.07, 6.45) is 1.55. The van der Waals surface area contributed by atoms with E-state index in [1.807, 2.05) is 20.8 Å². The van der Waals surface area contributed by atoms with E-state index in [4.69, 9.17) is 10.5 Å². The molecule has 0 aromatic rings. The summed E-state index contributed by atoms with van der Waals surface area (Å²) in [7, 11) is 1.60. The first kappa shape index (κ1) is 14.3. The van der Waals surface area contributed by atoms with Crippen molar-refractivity contribution in [2.45, 2.75) is 63.8 Å². The van der Waals surface area contributed by atoms with Crippen LogP contribution in [0.4, 0.5) is 4.79 Å². The molecule has 0 spiro atoms. The van der Waals surface area contributed by atoms with E-state index in [9.17, 15) is 9.90 Å². The van der Waals surface area contributed by atoms with Crippen LogP contribution in [0.25, 0.3) is 0 Å². The molecule has 1 aliphatic rings. The minimum Gasteiger partial charge on any atom is -0.465 e. The third kappa shape index (κ3) is 3.10. The second kappa shape index (κ2) is 5.23. The highest BCUT2D eigenvalue weighted by Gasteiger charge is 2.41. The molecule has 1 saturated carbocycles. The molecule has 1 amide bonds. The average molecular weight is 244 g/mol. The molecule has 0 bridgehead atoms. The number of hydrogen-bond acceptors (Lipinski definition) is 3. The summed E-state index contributed by atoms with van der Waals surface area (Å²) in [5.41, 5.74) is 5.58. The minimum atomic E-state index is -0.904. The Morgan fingerprint density at radius 2 is 2.00 bits per heavy atom. The summed E-state index contributed by atoms with van der Waals surface area (Å²) < 4.78 is 5.41. The number of ether oxygens (including phenoxy) is 1. The third-order valence-corrected chi connectivity index (χ3v) is 3.37. The van der Waals surface area contributed by atoms with Crippen molar-refractivity contribution in [2.24, 2.45) is 5.73 Å². The van der Waals surface area contributed by atoms with Crippen LogP contribution in [0.1, 0.15) is 40.0 Å². The van der Waals surface area contributed by atoms with E-state index in [1.165, 1.54) is 4.90 Å². The number of hydrogen-bond donors (Lipinski definition) is 2. The Balaban J connectivity index is 2.96. The van der Waals surface area contributed by atoms with Crippen molar-refractivity contribution < 1.29 is 14.6 Å². The number of nitrogens with two attached hydrogens (primary N) is 1. The molecule has 0 aliphatic heterocycles. The van der Waals surface area contributed by atoms with Crippen molar-refractivity contribution in [2.75, 3.05) is 7.11 Å². The van der Waals surface area contributed by atoms with Crippen molar-refractivity contribution in [1.29, 1.82) is 0 Å². The molecule has 1 fully saturated rings. The van der Waals surface area contributed by atoms with Crippen LogP contribution in [0.5, 0.6) is 0 Å². The largest absolute Gasteiger partial charge is 0.465 e. The number of rotatable bonds is 2. The van der Waals surface area contributed by atoms with Crippen LogP contribution in [-0.4, -0.2) is 46.9 Å². The van der Waals surface area contributed by atoms with E-state index in [1.54, 1.807) is 7.11 Å². The summed E-state index contributed by atoms with van der Waals surface area (Å²) in [4.78, 5) is 12.9. The first-order valence-electron chi connectivity index (χ1n) is 6.09. The molecule has 5 heteroatoms. The fourth-order valence-corrected chi connectivity index (χ4v) is 2.71. The zero-order valence-corrected chi connectivity index (χ0v) is 11.1. The Bertz CT molecular complexity index is 275. The molecule has 0 heterocycles. The maximum Gasteiger partial charge on any atom is 0.408 e. The van der Waals surface area contributed by atoms with E-state index in [2.05, 4.69) is 0 Å². The fourth-order valence-electron chi connectivity index (χ4n) is 2.71. The summed E-state index contributed by atoms with van der Waals surface area (Å²) >= 11 is 0. The second-order valence-corrected chi connectivity index (χ2v) is 5.69. The molecule has 17 heavy (non-hydrogen) atoms. The predicted octanol–water partition coefficient (Wildman–Crippen LogP) is 1.66. The third-order valence-electron chi connectivity index (χ3n) is 3.37. The smallest absolute Gasteiger partial charge is 0.408 e. The van der Waals surface area contributed by atoms with Gasteiger partial charge in [-0.25, -0.2) is 4.79 Å². The van der Waals surface area contributed by atoms with Crippen LogP contribution in [0.15, 0.2) is 0 Å². The molecule has 5 nitrogen and oxygen atoms in total. The van der Waals surface area contributed by atoms with Crippen molar-refractivity contribution >= 4 is 6.09 Å². The first-order valence-corrected chi connectivity index (χ1v) is 6.09. The molecule has 0 radical (unpaired) electrons. The molecule has 3 N–H and O–H groups in total. The van der Waals surface area contributed by atoms with Gasteiger partial charge in [-0.3, -0.25) is 4.90 Å². The van der Waals surface area contributed by atoms with Crippen molar-refractivity contribution in [3.8, 4) is 0 Å². The molecule has 3 atom stereocenters. The normalized spacial score (nSPS) is 30.1. The van der Waals surface area contributed by atoms with Gasteiger partial charge in [0.25, 0.3) is 0 Å². The molecule has 1 aliphatic carbocycles. The number of nitrogens with zero attached hydrogens (tertiary/aromatic N) is 1. The fraction of sp³-hybridized carbons (Fsp3) is 0.917. The van der Waals surface area contributed by atoms with Gasteiger partial charge >= 0.3 is 6.09 Å². The second-order valence-electron chi connectivity index (χ2n) is 5.69. The van der Waals surface area contributed by atoms with Crippen LogP contribution in [0, 0.1) is 0 Å². The number of carboxylic acid groups (broad SMARTS) is 1. The van der Waals surface area contributed by atoms with E-state index >= 15 is 0 Å². The van der Waals surface area contributed by atoms with Gasteiger partial charge < -0.3 is 15.6 Å². The zero-order chi connectivity index (χ0) is 13.2. The topological polar surface area (TPSA) is 75.8 Å². The average Bonchev–Trinajstić information content (AvgIpc) is 2.15. The Hall–Kier alpha value is -0.810. The van der Waals surface area contributed by atoms with Crippen molar-refractivity contribution in [1.82, 2.24) is 4.90 Å². The van der Waals surface area contributed by atoms with Gasteiger partial charge in [0.2, 0.25) is 0 Å². The van der Waals surface area contributed by atoms with Gasteiger partial charge in [0.1, 0.15) is 0 Å². The first-order chi connectivity index (χ1) is 7.79. The Labute approximate surface area is 103 Å². The quantitative estimate of drug-likeness (QED) is 0.774. The van der Waals surface area contributed by atoms with Gasteiger partial charge in [0.15, 0.2) is 0 Å². The summed E-state index contributed by atoms with van der Waals surface area (Å²) in [5.74, 6) is 0. The predicted molar refractivity (Wildman–Crippen MR) is 66.0 cm³/mol. The van der Waals surface area contributed by atoms with Gasteiger partial charge in [0.05, 0.1) is 12.1 Å². The molecular weight excluding hydrogens is 220 g/mol. The summed E-state index contributed by atoms with van der Waals surface area (Å²) in [6.45, 7) is 5.69. The molecule has 1 rings (SSSR count). The molecule has 0 saturated heterocycles. The Morgan fingerprint density at radius 1 is 1.41 bits per heavy atom. The standard InChI is InChI=1S/C12H24N2O3/c1-12(2,3)14(11(15)16)9-7-5-6-8(13)10(9)17-4/h8-10H,5-7,13H2,1-4H3,(H,15,16). The zero-order valence-electron chi connectivity index (χ0n) is 11.1. The molecule has 100 valence electrons. The highest BCUT2D eigenvalue weighted by molar-refractivity contribution is 5.66. The van der Waals surface area contributed by atoms with Crippen LogP contribution < -0.4 is 5.73 Å². The molecule has 3 unspecified atom stereocenters. The van der Waals surface area contributed by atoms with Gasteiger partial charge in [-0.15, -0.1) is 0 Å². The van der Waals surface area contributed by atoms with Crippen LogP contribution >= 0.6 is 0 Å². The Kier molecular flexibility index (Phi) is 4.38. The van der Waals surface area contributed by atoms with E-state index in [0.717, 1.165) is 19.3 Å². The van der Waals surface area contributed by atoms with Gasteiger partial charge in [0, 0.05) is 18.7 Å². The van der Waals surface area contributed by atoms with Gasteiger partial charge in [-0.05, 0) is 40.0 Å². The highest BCUT2D eigenvalue weighted by atomic mass is 16.5. The number of amides is 1. The SMILES string of the molecule is COC1C(N)CCCC1N(C(=O)O)C(C)(C)C. The van der Waals surface area contributed by atoms with Gasteiger partial charge in [-0.2, -0.15) is 0 Å².